The van der Waals surface area contributed by atoms with Gasteiger partial charge in [-0.2, -0.15) is 0 Å². The highest BCUT2D eigenvalue weighted by Crippen LogP contribution is 2.23. The van der Waals surface area contributed by atoms with Gasteiger partial charge >= 0.3 is 0 Å². The Balaban J connectivity index is 1.77. The van der Waals surface area contributed by atoms with Crippen LogP contribution in [-0.2, 0) is 6.42 Å². The van der Waals surface area contributed by atoms with Crippen molar-refractivity contribution in [3.63, 3.8) is 0 Å². The van der Waals surface area contributed by atoms with Crippen LogP contribution in [0.5, 0.6) is 5.75 Å². The van der Waals surface area contributed by atoms with Crippen LogP contribution in [-0.4, -0.2) is 31.6 Å². The number of likely N-dealkylation sites (tertiary alicyclic amines) is 1. The summed E-state index contributed by atoms with van der Waals surface area (Å²) in [6.45, 7) is 6.10. The standard InChI is InChI=1S/C16H26N2O/c1-13-5-3-9-18(12-13)10-4-6-14-7-8-16(19-2)15(17)11-14/h7-8,11,13H,3-6,9-10,12,17H2,1-2H3. The number of aryl methyl sites for hydroxylation is 1. The van der Waals surface area contributed by atoms with Crippen molar-refractivity contribution in [2.75, 3.05) is 32.5 Å². The normalized spacial score (nSPS) is 20.4. The molecule has 1 aromatic carbocycles. The number of anilines is 1. The van der Waals surface area contributed by atoms with E-state index in [4.69, 9.17) is 10.5 Å². The molecule has 1 aromatic rings. The van der Waals surface area contributed by atoms with Crippen LogP contribution in [0.2, 0.25) is 0 Å². The molecule has 1 fully saturated rings. The Morgan fingerprint density at radius 2 is 2.26 bits per heavy atom. The molecule has 0 saturated carbocycles. The van der Waals surface area contributed by atoms with E-state index in [1.54, 1.807) is 7.11 Å². The second-order valence-electron chi connectivity index (χ2n) is 5.73. The van der Waals surface area contributed by atoms with Crippen molar-refractivity contribution in [2.45, 2.75) is 32.6 Å². The summed E-state index contributed by atoms with van der Waals surface area (Å²) in [5.41, 5.74) is 7.98. The average Bonchev–Trinajstić information content (AvgIpc) is 2.39. The van der Waals surface area contributed by atoms with Crippen LogP contribution in [0.15, 0.2) is 18.2 Å². The minimum absolute atomic E-state index is 0.742. The Kier molecular flexibility index (Phi) is 5.08. The molecule has 106 valence electrons. The van der Waals surface area contributed by atoms with Crippen molar-refractivity contribution in [2.24, 2.45) is 5.92 Å². The molecule has 0 spiro atoms. The Hall–Kier alpha value is -1.22. The zero-order valence-electron chi connectivity index (χ0n) is 12.2. The number of piperidine rings is 1. The molecule has 1 aliphatic heterocycles. The van der Waals surface area contributed by atoms with Gasteiger partial charge in [-0.15, -0.1) is 0 Å². The number of methoxy groups -OCH3 is 1. The van der Waals surface area contributed by atoms with Crippen molar-refractivity contribution < 1.29 is 4.74 Å². The van der Waals surface area contributed by atoms with E-state index in [2.05, 4.69) is 17.9 Å². The molecule has 1 unspecified atom stereocenters. The van der Waals surface area contributed by atoms with Gasteiger partial charge in [-0.3, -0.25) is 0 Å². The summed E-state index contributed by atoms with van der Waals surface area (Å²) in [4.78, 5) is 2.60. The number of ether oxygens (including phenoxy) is 1. The van der Waals surface area contributed by atoms with Gasteiger partial charge in [0.05, 0.1) is 12.8 Å². The van der Waals surface area contributed by atoms with E-state index in [1.165, 1.54) is 44.5 Å². The van der Waals surface area contributed by atoms with Gasteiger partial charge in [0.25, 0.3) is 0 Å². The van der Waals surface area contributed by atoms with Crippen LogP contribution in [0, 0.1) is 5.92 Å². The highest BCUT2D eigenvalue weighted by atomic mass is 16.5. The van der Waals surface area contributed by atoms with Gasteiger partial charge in [0.2, 0.25) is 0 Å². The Morgan fingerprint density at radius 3 is 2.95 bits per heavy atom. The third-order valence-corrected chi connectivity index (χ3v) is 3.98. The van der Waals surface area contributed by atoms with Crippen LogP contribution >= 0.6 is 0 Å². The fourth-order valence-corrected chi connectivity index (χ4v) is 2.94. The molecule has 3 nitrogen and oxygen atoms in total. The first-order valence-electron chi connectivity index (χ1n) is 7.34. The predicted molar refractivity (Wildman–Crippen MR) is 80.6 cm³/mol. The van der Waals surface area contributed by atoms with E-state index in [0.717, 1.165) is 23.8 Å². The molecule has 0 aromatic heterocycles. The molecule has 0 bridgehead atoms. The number of rotatable bonds is 5. The minimum atomic E-state index is 0.742. The van der Waals surface area contributed by atoms with E-state index in [1.807, 2.05) is 12.1 Å². The van der Waals surface area contributed by atoms with Gasteiger partial charge in [0, 0.05) is 6.54 Å². The maximum atomic E-state index is 5.93. The summed E-state index contributed by atoms with van der Waals surface area (Å²) in [6, 6.07) is 6.12. The number of nitrogens with zero attached hydrogens (tertiary/aromatic N) is 1. The topological polar surface area (TPSA) is 38.5 Å². The maximum absolute atomic E-state index is 5.93. The van der Waals surface area contributed by atoms with Gasteiger partial charge in [-0.25, -0.2) is 0 Å². The van der Waals surface area contributed by atoms with E-state index < -0.39 is 0 Å². The molecule has 19 heavy (non-hydrogen) atoms. The quantitative estimate of drug-likeness (QED) is 0.829. The Bertz CT molecular complexity index is 406. The average molecular weight is 262 g/mol. The van der Waals surface area contributed by atoms with E-state index in [-0.39, 0.29) is 0 Å². The van der Waals surface area contributed by atoms with E-state index in [0.29, 0.717) is 0 Å². The second-order valence-corrected chi connectivity index (χ2v) is 5.73. The minimum Gasteiger partial charge on any atom is -0.495 e. The molecule has 2 rings (SSSR count). The number of hydrogen-bond donors (Lipinski definition) is 1. The predicted octanol–water partition coefficient (Wildman–Crippen LogP) is 2.94. The van der Waals surface area contributed by atoms with Crippen LogP contribution in [0.1, 0.15) is 31.7 Å². The zero-order valence-corrected chi connectivity index (χ0v) is 12.2. The Labute approximate surface area is 116 Å². The SMILES string of the molecule is COc1ccc(CCCN2CCCC(C)C2)cc1N. The summed E-state index contributed by atoms with van der Waals surface area (Å²) in [6.07, 6.45) is 5.06. The first-order valence-corrected chi connectivity index (χ1v) is 7.34. The fraction of sp³-hybridized carbons (Fsp3) is 0.625. The van der Waals surface area contributed by atoms with Gasteiger partial charge in [0.1, 0.15) is 5.75 Å². The maximum Gasteiger partial charge on any atom is 0.141 e. The molecule has 1 aliphatic rings. The second kappa shape index (κ2) is 6.80. The van der Waals surface area contributed by atoms with Crippen molar-refractivity contribution in [1.29, 1.82) is 0 Å². The largest absolute Gasteiger partial charge is 0.495 e. The molecule has 1 atom stereocenters. The Morgan fingerprint density at radius 1 is 1.42 bits per heavy atom. The lowest BCUT2D eigenvalue weighted by atomic mass is 10.00. The van der Waals surface area contributed by atoms with Gasteiger partial charge < -0.3 is 15.4 Å². The van der Waals surface area contributed by atoms with Crippen LogP contribution in [0.25, 0.3) is 0 Å². The molecular formula is C16H26N2O. The van der Waals surface area contributed by atoms with Crippen molar-refractivity contribution in [3.05, 3.63) is 23.8 Å². The summed E-state index contributed by atoms with van der Waals surface area (Å²) >= 11 is 0. The van der Waals surface area contributed by atoms with Crippen LogP contribution in [0.3, 0.4) is 0 Å². The molecule has 1 heterocycles. The molecule has 3 heteroatoms. The highest BCUT2D eigenvalue weighted by Gasteiger charge is 2.15. The van der Waals surface area contributed by atoms with E-state index >= 15 is 0 Å². The lowest BCUT2D eigenvalue weighted by molar-refractivity contribution is 0.182. The van der Waals surface area contributed by atoms with E-state index in [9.17, 15) is 0 Å². The molecule has 1 saturated heterocycles. The molecule has 0 aliphatic carbocycles. The number of nitrogen functional groups attached to an aromatic ring is 1. The number of benzene rings is 1. The molecule has 0 radical (unpaired) electrons. The first-order chi connectivity index (χ1) is 9.19. The van der Waals surface area contributed by atoms with Crippen molar-refractivity contribution in [3.8, 4) is 5.75 Å². The zero-order chi connectivity index (χ0) is 13.7. The van der Waals surface area contributed by atoms with Crippen molar-refractivity contribution >= 4 is 5.69 Å². The molecular weight excluding hydrogens is 236 g/mol. The van der Waals surface area contributed by atoms with Gasteiger partial charge in [-0.05, 0) is 62.4 Å². The lowest BCUT2D eigenvalue weighted by Crippen LogP contribution is -2.35. The summed E-state index contributed by atoms with van der Waals surface area (Å²) in [5, 5.41) is 0. The third kappa shape index (κ3) is 4.13. The summed E-state index contributed by atoms with van der Waals surface area (Å²) in [7, 11) is 1.66. The molecule has 2 N–H and O–H groups in total. The number of hydrogen-bond acceptors (Lipinski definition) is 3. The number of nitrogens with two attached hydrogens (primary N) is 1. The van der Waals surface area contributed by atoms with Crippen LogP contribution in [0.4, 0.5) is 5.69 Å². The monoisotopic (exact) mass is 262 g/mol. The van der Waals surface area contributed by atoms with Crippen molar-refractivity contribution in [1.82, 2.24) is 4.90 Å². The van der Waals surface area contributed by atoms with Gasteiger partial charge in [-0.1, -0.05) is 13.0 Å². The third-order valence-electron chi connectivity index (χ3n) is 3.98. The lowest BCUT2D eigenvalue weighted by Gasteiger charge is -2.30. The summed E-state index contributed by atoms with van der Waals surface area (Å²) < 4.78 is 5.18. The highest BCUT2D eigenvalue weighted by molar-refractivity contribution is 5.54. The smallest absolute Gasteiger partial charge is 0.141 e. The fourth-order valence-electron chi connectivity index (χ4n) is 2.94. The first kappa shape index (κ1) is 14.2. The van der Waals surface area contributed by atoms with Crippen LogP contribution < -0.4 is 10.5 Å². The van der Waals surface area contributed by atoms with Gasteiger partial charge in [0.15, 0.2) is 0 Å². The molecule has 0 amide bonds. The summed E-state index contributed by atoms with van der Waals surface area (Å²) in [5.74, 6) is 1.64.